The Morgan fingerprint density at radius 3 is 1.96 bits per heavy atom. The summed E-state index contributed by atoms with van der Waals surface area (Å²) in [7, 11) is 0. The number of oxazole rings is 1. The van der Waals surface area contributed by atoms with E-state index in [0.29, 0.717) is 28.9 Å². The molecule has 0 unspecified atom stereocenters. The van der Waals surface area contributed by atoms with E-state index in [2.05, 4.69) is 18.2 Å². The molecule has 0 fully saturated rings. The molecule has 10 rings (SSSR count). The number of fused-ring (bicyclic) bond motifs is 7. The number of rotatable bonds is 4. The van der Waals surface area contributed by atoms with E-state index < -0.39 is 0 Å². The van der Waals surface area contributed by atoms with Gasteiger partial charge in [-0.3, -0.25) is 0 Å². The fourth-order valence-electron chi connectivity index (χ4n) is 6.40. The van der Waals surface area contributed by atoms with Gasteiger partial charge in [0.05, 0.1) is 5.56 Å². The molecule has 4 aromatic heterocycles. The maximum atomic E-state index is 6.52. The molecule has 47 heavy (non-hydrogen) atoms. The maximum absolute atomic E-state index is 6.52. The number of para-hydroxylation sites is 4. The number of nitrogens with zero attached hydrogens (tertiary/aromatic N) is 4. The van der Waals surface area contributed by atoms with Crippen molar-refractivity contribution in [2.75, 3.05) is 0 Å². The molecule has 7 nitrogen and oxygen atoms in total. The van der Waals surface area contributed by atoms with Crippen LogP contribution in [0.3, 0.4) is 0 Å². The lowest BCUT2D eigenvalue weighted by Crippen LogP contribution is -2.00. The molecule has 10 aromatic rings. The summed E-state index contributed by atoms with van der Waals surface area (Å²) in [6.45, 7) is 0. The van der Waals surface area contributed by atoms with E-state index in [4.69, 9.17) is 33.2 Å². The molecule has 6 aromatic carbocycles. The Morgan fingerprint density at radius 2 is 1.06 bits per heavy atom. The topological polar surface area (TPSA) is 91.0 Å². The van der Waals surface area contributed by atoms with E-state index in [1.54, 1.807) is 0 Å². The molecule has 4 heterocycles. The largest absolute Gasteiger partial charge is 0.456 e. The van der Waals surface area contributed by atoms with E-state index in [1.165, 1.54) is 0 Å². The van der Waals surface area contributed by atoms with Crippen molar-refractivity contribution in [2.45, 2.75) is 0 Å². The van der Waals surface area contributed by atoms with E-state index in [-0.39, 0.29) is 0 Å². The predicted octanol–water partition coefficient (Wildman–Crippen LogP) is 10.5. The van der Waals surface area contributed by atoms with Crippen molar-refractivity contribution >= 4 is 55.0 Å². The van der Waals surface area contributed by atoms with Gasteiger partial charge in [0.25, 0.3) is 0 Å². The van der Waals surface area contributed by atoms with Crippen molar-refractivity contribution in [3.63, 3.8) is 0 Å². The van der Waals surface area contributed by atoms with E-state index in [1.807, 2.05) is 115 Å². The van der Waals surface area contributed by atoms with Gasteiger partial charge < -0.3 is 13.3 Å². The first-order valence-corrected chi connectivity index (χ1v) is 15.3. The molecule has 0 aliphatic rings. The zero-order valence-electron chi connectivity index (χ0n) is 24.7. The number of hydrogen-bond acceptors (Lipinski definition) is 7. The molecule has 7 heteroatoms. The summed E-state index contributed by atoms with van der Waals surface area (Å²) < 4.78 is 18.8. The van der Waals surface area contributed by atoms with Crippen LogP contribution in [0.4, 0.5) is 0 Å². The fourth-order valence-corrected chi connectivity index (χ4v) is 6.40. The Hall–Kier alpha value is -6.60. The molecule has 220 valence electrons. The molecule has 0 saturated carbocycles. The molecule has 0 saturated heterocycles. The minimum atomic E-state index is 0.508. The van der Waals surface area contributed by atoms with Gasteiger partial charge in [0.1, 0.15) is 27.8 Å². The summed E-state index contributed by atoms with van der Waals surface area (Å²) >= 11 is 0. The molecular weight excluding hydrogens is 584 g/mol. The van der Waals surface area contributed by atoms with Crippen LogP contribution in [0.5, 0.6) is 0 Å². The summed E-state index contributed by atoms with van der Waals surface area (Å²) in [5.41, 5.74) is 7.98. The van der Waals surface area contributed by atoms with E-state index >= 15 is 0 Å². The van der Waals surface area contributed by atoms with Crippen molar-refractivity contribution in [2.24, 2.45) is 0 Å². The Balaban J connectivity index is 1.20. The molecule has 0 aliphatic heterocycles. The minimum Gasteiger partial charge on any atom is -0.456 e. The predicted molar refractivity (Wildman–Crippen MR) is 184 cm³/mol. The van der Waals surface area contributed by atoms with Crippen LogP contribution >= 0.6 is 0 Å². The van der Waals surface area contributed by atoms with Gasteiger partial charge in [-0.25, -0.2) is 19.9 Å². The summed E-state index contributed by atoms with van der Waals surface area (Å²) in [6.07, 6.45) is 0. The van der Waals surface area contributed by atoms with Gasteiger partial charge in [-0.05, 0) is 48.5 Å². The first kappa shape index (κ1) is 25.7. The van der Waals surface area contributed by atoms with Crippen LogP contribution in [-0.2, 0) is 0 Å². The standard InChI is InChI=1S/C40H22N4O3/c1-2-10-23(11-3-1)37-42-38(24-20-21-32-29(22-24)25-12-4-6-17-31(25)45-32)44-39(43-37)27-14-9-19-34-35(27)26-13-8-15-28(36(26)46-34)40-41-30-16-5-7-18-33(30)47-40/h1-22H. The molecule has 0 amide bonds. The fraction of sp³-hybridized carbons (Fsp3) is 0. The number of hydrogen-bond donors (Lipinski definition) is 0. The van der Waals surface area contributed by atoms with Crippen LogP contribution < -0.4 is 0 Å². The van der Waals surface area contributed by atoms with Gasteiger partial charge in [-0.1, -0.05) is 84.9 Å². The van der Waals surface area contributed by atoms with Crippen molar-refractivity contribution in [1.82, 2.24) is 19.9 Å². The zero-order chi connectivity index (χ0) is 30.9. The highest BCUT2D eigenvalue weighted by atomic mass is 16.4. The van der Waals surface area contributed by atoms with Crippen LogP contribution in [0, 0.1) is 0 Å². The maximum Gasteiger partial charge on any atom is 0.231 e. The third-order valence-corrected chi connectivity index (χ3v) is 8.59. The molecule has 0 atom stereocenters. The second-order valence-corrected chi connectivity index (χ2v) is 11.4. The summed E-state index contributed by atoms with van der Waals surface area (Å²) in [6, 6.07) is 43.8. The minimum absolute atomic E-state index is 0.508. The zero-order valence-corrected chi connectivity index (χ0v) is 24.7. The summed E-state index contributed by atoms with van der Waals surface area (Å²) in [5, 5.41) is 3.89. The lowest BCUT2D eigenvalue weighted by molar-refractivity contribution is 0.615. The quantitative estimate of drug-likeness (QED) is 0.197. The van der Waals surface area contributed by atoms with Gasteiger partial charge in [0.2, 0.25) is 5.89 Å². The third kappa shape index (κ3) is 4.07. The smallest absolute Gasteiger partial charge is 0.231 e. The monoisotopic (exact) mass is 606 g/mol. The molecule has 0 bridgehead atoms. The van der Waals surface area contributed by atoms with Crippen LogP contribution in [0.15, 0.2) is 147 Å². The Kier molecular flexibility index (Phi) is 5.44. The van der Waals surface area contributed by atoms with Gasteiger partial charge in [0.15, 0.2) is 23.1 Å². The highest BCUT2D eigenvalue weighted by Gasteiger charge is 2.21. The van der Waals surface area contributed by atoms with Crippen LogP contribution in [-0.4, -0.2) is 19.9 Å². The van der Waals surface area contributed by atoms with Gasteiger partial charge in [0, 0.05) is 38.2 Å². The number of aromatic nitrogens is 4. The molecule has 0 N–H and O–H groups in total. The Bertz CT molecular complexity index is 2780. The average molecular weight is 607 g/mol. The Labute approximate surface area is 266 Å². The average Bonchev–Trinajstić information content (AvgIpc) is 3.84. The van der Waals surface area contributed by atoms with Gasteiger partial charge in [-0.15, -0.1) is 0 Å². The Morgan fingerprint density at radius 1 is 0.383 bits per heavy atom. The second-order valence-electron chi connectivity index (χ2n) is 11.4. The lowest BCUT2D eigenvalue weighted by atomic mass is 10.0. The summed E-state index contributed by atoms with van der Waals surface area (Å²) in [5.74, 6) is 2.21. The van der Waals surface area contributed by atoms with Crippen molar-refractivity contribution in [3.05, 3.63) is 133 Å². The van der Waals surface area contributed by atoms with E-state index in [9.17, 15) is 0 Å². The highest BCUT2D eigenvalue weighted by molar-refractivity contribution is 6.14. The van der Waals surface area contributed by atoms with Gasteiger partial charge in [-0.2, -0.15) is 0 Å². The molecule has 0 radical (unpaired) electrons. The first-order valence-electron chi connectivity index (χ1n) is 15.3. The molecule has 0 aliphatic carbocycles. The number of benzene rings is 6. The first-order chi connectivity index (χ1) is 23.3. The van der Waals surface area contributed by atoms with Crippen LogP contribution in [0.25, 0.3) is 101 Å². The van der Waals surface area contributed by atoms with Crippen molar-refractivity contribution in [1.29, 1.82) is 0 Å². The summed E-state index contributed by atoms with van der Waals surface area (Å²) in [4.78, 5) is 19.8. The number of furan rings is 2. The van der Waals surface area contributed by atoms with Crippen molar-refractivity contribution < 1.29 is 13.3 Å². The van der Waals surface area contributed by atoms with Gasteiger partial charge >= 0.3 is 0 Å². The second kappa shape index (κ2) is 9.95. The molecular formula is C40H22N4O3. The SMILES string of the molecule is c1ccc(-c2nc(-c3ccc4oc5ccccc5c4c3)nc(-c3cccc4oc5c(-c6nc7ccccc7o6)cccc5c34)n2)cc1. The third-order valence-electron chi connectivity index (χ3n) is 8.59. The normalized spacial score (nSPS) is 11.8. The highest BCUT2D eigenvalue weighted by Crippen LogP contribution is 2.41. The van der Waals surface area contributed by atoms with Crippen LogP contribution in [0.2, 0.25) is 0 Å². The molecule has 0 spiro atoms. The van der Waals surface area contributed by atoms with Crippen LogP contribution in [0.1, 0.15) is 0 Å². The van der Waals surface area contributed by atoms with E-state index in [0.717, 1.165) is 71.6 Å². The lowest BCUT2D eigenvalue weighted by Gasteiger charge is -2.09. The van der Waals surface area contributed by atoms with Crippen molar-refractivity contribution in [3.8, 4) is 45.6 Å².